The van der Waals surface area contributed by atoms with Gasteiger partial charge in [0, 0.05) is 0 Å². The molecule has 2 aromatic carbocycles. The molecule has 0 saturated heterocycles. The minimum Gasteiger partial charge on any atom is -0.486 e. The summed E-state index contributed by atoms with van der Waals surface area (Å²) in [6.07, 6.45) is 0.630. The van der Waals surface area contributed by atoms with Crippen LogP contribution in [0.1, 0.15) is 29.2 Å². The minimum absolute atomic E-state index is 0.0411. The number of ether oxygens (including phenoxy) is 1. The monoisotopic (exact) mass is 255 g/mol. The van der Waals surface area contributed by atoms with Gasteiger partial charge >= 0.3 is 0 Å². The number of benzene rings is 2. The van der Waals surface area contributed by atoms with Crippen molar-refractivity contribution in [2.24, 2.45) is 0 Å². The lowest BCUT2D eigenvalue weighted by molar-refractivity contribution is 0.208. The Kier molecular flexibility index (Phi) is 4.58. The van der Waals surface area contributed by atoms with Gasteiger partial charge in [0.05, 0.1) is 6.61 Å². The summed E-state index contributed by atoms with van der Waals surface area (Å²) in [6, 6.07) is 15.8. The van der Waals surface area contributed by atoms with E-state index in [4.69, 9.17) is 9.84 Å². The second-order valence-electron chi connectivity index (χ2n) is 4.55. The van der Waals surface area contributed by atoms with Crippen molar-refractivity contribution in [3.8, 4) is 5.75 Å². The number of hydrogen-bond acceptors (Lipinski definition) is 2. The Balaban J connectivity index is 2.17. The molecule has 0 aliphatic carbocycles. The maximum Gasteiger partial charge on any atom is 0.124 e. The molecule has 0 unspecified atom stereocenters. The third kappa shape index (κ3) is 3.36. The van der Waals surface area contributed by atoms with Gasteiger partial charge in [0.25, 0.3) is 0 Å². The first-order valence-electron chi connectivity index (χ1n) is 6.46. The van der Waals surface area contributed by atoms with Crippen molar-refractivity contribution >= 4 is 0 Å². The van der Waals surface area contributed by atoms with Gasteiger partial charge in [-0.3, -0.25) is 0 Å². The van der Waals surface area contributed by atoms with E-state index in [0.717, 1.165) is 22.4 Å². The first kappa shape index (κ1) is 13.6. The first-order chi connectivity index (χ1) is 9.24. The summed E-state index contributed by atoms with van der Waals surface area (Å²) in [6.45, 7) is 5.98. The summed E-state index contributed by atoms with van der Waals surface area (Å²) in [4.78, 5) is 0. The molecule has 0 bridgehead atoms. The van der Waals surface area contributed by atoms with Crippen molar-refractivity contribution in [1.82, 2.24) is 0 Å². The molecule has 0 spiro atoms. The normalized spacial score (nSPS) is 12.2. The van der Waals surface area contributed by atoms with E-state index in [9.17, 15) is 0 Å². The highest BCUT2D eigenvalue weighted by Gasteiger charge is 2.11. The third-order valence-corrected chi connectivity index (χ3v) is 3.20. The zero-order chi connectivity index (χ0) is 13.7. The van der Waals surface area contributed by atoms with Crippen LogP contribution in [0.25, 0.3) is 0 Å². The van der Waals surface area contributed by atoms with Gasteiger partial charge < -0.3 is 9.84 Å². The molecule has 2 nitrogen and oxygen atoms in total. The van der Waals surface area contributed by atoms with Gasteiger partial charge in [0.2, 0.25) is 0 Å². The molecule has 0 aliphatic rings. The molecule has 0 fully saturated rings. The number of aliphatic hydroxyl groups is 1. The van der Waals surface area contributed by atoms with Crippen molar-refractivity contribution < 1.29 is 9.84 Å². The van der Waals surface area contributed by atoms with Gasteiger partial charge in [-0.2, -0.15) is 0 Å². The highest BCUT2D eigenvalue weighted by molar-refractivity contribution is 5.35. The predicted octanol–water partition coefficient (Wildman–Crippen LogP) is 3.83. The average molecular weight is 255 g/mol. The summed E-state index contributed by atoms with van der Waals surface area (Å²) in [5, 5.41) is 9.16. The highest BCUT2D eigenvalue weighted by atomic mass is 16.5. The Labute approximate surface area is 114 Å². The van der Waals surface area contributed by atoms with Crippen molar-refractivity contribution in [1.29, 1.82) is 0 Å². The smallest absolute Gasteiger partial charge is 0.124 e. The second kappa shape index (κ2) is 6.39. The summed E-state index contributed by atoms with van der Waals surface area (Å²) in [5.41, 5.74) is 3.09. The van der Waals surface area contributed by atoms with Crippen LogP contribution in [0.3, 0.4) is 0 Å². The van der Waals surface area contributed by atoms with E-state index in [0.29, 0.717) is 6.42 Å². The van der Waals surface area contributed by atoms with Gasteiger partial charge in [0.1, 0.15) is 11.9 Å². The van der Waals surface area contributed by atoms with Gasteiger partial charge in [-0.05, 0) is 49.1 Å². The fourth-order valence-corrected chi connectivity index (χ4v) is 2.04. The summed E-state index contributed by atoms with van der Waals surface area (Å²) in [5.74, 6) is 0.812. The summed E-state index contributed by atoms with van der Waals surface area (Å²) < 4.78 is 5.99. The zero-order valence-electron chi connectivity index (χ0n) is 11.2. The largest absolute Gasteiger partial charge is 0.486 e. The number of aliphatic hydroxyl groups excluding tert-OH is 1. The molecule has 2 heteroatoms. The van der Waals surface area contributed by atoms with E-state index in [2.05, 4.69) is 6.92 Å². The molecule has 0 heterocycles. The van der Waals surface area contributed by atoms with E-state index in [1.54, 1.807) is 0 Å². The molecule has 1 N–H and O–H groups in total. The van der Waals surface area contributed by atoms with Crippen LogP contribution in [-0.4, -0.2) is 5.11 Å². The first-order valence-corrected chi connectivity index (χ1v) is 6.46. The van der Waals surface area contributed by atoms with Gasteiger partial charge in [-0.15, -0.1) is 0 Å². The topological polar surface area (TPSA) is 29.5 Å². The molecule has 0 amide bonds. The Bertz CT molecular complexity index is 520. The highest BCUT2D eigenvalue weighted by Crippen LogP contribution is 2.26. The van der Waals surface area contributed by atoms with Crippen LogP contribution in [-0.2, 0) is 6.61 Å². The van der Waals surface area contributed by atoms with Gasteiger partial charge in [-0.25, -0.2) is 0 Å². The molecule has 2 rings (SSSR count). The molecule has 0 aliphatic heterocycles. The standard InChI is InChI=1S/C17H19O2/c1-3-17(14-7-5-4-6-8-14)19-16-10-9-15(12-18)13(2)11-16/h4-11,17-18H,1,3,12H2,2H3/t17-/m0/s1. The maximum absolute atomic E-state index is 9.16. The van der Waals surface area contributed by atoms with E-state index in [1.807, 2.05) is 55.5 Å². The van der Waals surface area contributed by atoms with Crippen molar-refractivity contribution in [2.75, 3.05) is 0 Å². The van der Waals surface area contributed by atoms with E-state index in [1.165, 1.54) is 0 Å². The van der Waals surface area contributed by atoms with Crippen LogP contribution in [0.4, 0.5) is 0 Å². The Hall–Kier alpha value is -1.80. The number of aryl methyl sites for hydroxylation is 1. The lowest BCUT2D eigenvalue weighted by Gasteiger charge is -2.18. The number of hydrogen-bond donors (Lipinski definition) is 1. The molecule has 1 radical (unpaired) electrons. The Morgan fingerprint density at radius 2 is 1.89 bits per heavy atom. The lowest BCUT2D eigenvalue weighted by Crippen LogP contribution is -2.06. The van der Waals surface area contributed by atoms with Crippen LogP contribution in [0, 0.1) is 13.8 Å². The average Bonchev–Trinajstić information content (AvgIpc) is 2.46. The third-order valence-electron chi connectivity index (χ3n) is 3.20. The molecule has 1 atom stereocenters. The molecular weight excluding hydrogens is 236 g/mol. The number of rotatable bonds is 5. The van der Waals surface area contributed by atoms with Crippen molar-refractivity contribution in [3.05, 3.63) is 72.1 Å². The molecular formula is C17H19O2. The Morgan fingerprint density at radius 3 is 2.47 bits per heavy atom. The lowest BCUT2D eigenvalue weighted by atomic mass is 10.1. The van der Waals surface area contributed by atoms with Crippen LogP contribution < -0.4 is 4.74 Å². The van der Waals surface area contributed by atoms with Crippen LogP contribution in [0.15, 0.2) is 48.5 Å². The van der Waals surface area contributed by atoms with Gasteiger partial charge in [0.15, 0.2) is 0 Å². The molecule has 0 saturated carbocycles. The molecule has 0 aromatic heterocycles. The predicted molar refractivity (Wildman–Crippen MR) is 76.9 cm³/mol. The SMILES string of the molecule is [CH2]C[C@H](Oc1ccc(CO)c(C)c1)c1ccccc1. The van der Waals surface area contributed by atoms with Crippen LogP contribution in [0.2, 0.25) is 0 Å². The van der Waals surface area contributed by atoms with Crippen LogP contribution in [0.5, 0.6) is 5.75 Å². The van der Waals surface area contributed by atoms with E-state index in [-0.39, 0.29) is 12.7 Å². The zero-order valence-corrected chi connectivity index (χ0v) is 11.2. The van der Waals surface area contributed by atoms with Crippen molar-refractivity contribution in [3.63, 3.8) is 0 Å². The summed E-state index contributed by atoms with van der Waals surface area (Å²) >= 11 is 0. The molecule has 19 heavy (non-hydrogen) atoms. The summed E-state index contributed by atoms with van der Waals surface area (Å²) in [7, 11) is 0. The maximum atomic E-state index is 9.16. The van der Waals surface area contributed by atoms with E-state index < -0.39 is 0 Å². The van der Waals surface area contributed by atoms with Crippen LogP contribution >= 0.6 is 0 Å². The molecule has 99 valence electrons. The second-order valence-corrected chi connectivity index (χ2v) is 4.55. The van der Waals surface area contributed by atoms with Gasteiger partial charge in [-0.1, -0.05) is 36.4 Å². The quantitative estimate of drug-likeness (QED) is 0.879. The minimum atomic E-state index is -0.0411. The van der Waals surface area contributed by atoms with E-state index >= 15 is 0 Å². The van der Waals surface area contributed by atoms with Crippen molar-refractivity contribution in [2.45, 2.75) is 26.1 Å². The fraction of sp³-hybridized carbons (Fsp3) is 0.235. The molecule has 2 aromatic rings. The Morgan fingerprint density at radius 1 is 1.16 bits per heavy atom. The fourth-order valence-electron chi connectivity index (χ4n) is 2.04.